The van der Waals surface area contributed by atoms with E-state index < -0.39 is 0 Å². The molecule has 17 heavy (non-hydrogen) atoms. The van der Waals surface area contributed by atoms with Gasteiger partial charge in [-0.1, -0.05) is 0 Å². The van der Waals surface area contributed by atoms with Crippen LogP contribution in [0.25, 0.3) is 0 Å². The quantitative estimate of drug-likeness (QED) is 0.882. The predicted molar refractivity (Wildman–Crippen MR) is 69.0 cm³/mol. The SMILES string of the molecule is Cc1occc1CN(C)C(=O)C1CSCCN1. The summed E-state index contributed by atoms with van der Waals surface area (Å²) in [4.78, 5) is 13.9. The number of amides is 1. The first-order chi connectivity index (χ1) is 8.18. The molecular weight excluding hydrogens is 236 g/mol. The summed E-state index contributed by atoms with van der Waals surface area (Å²) in [5.41, 5.74) is 1.07. The lowest BCUT2D eigenvalue weighted by Gasteiger charge is -2.27. The highest BCUT2D eigenvalue weighted by molar-refractivity contribution is 7.99. The van der Waals surface area contributed by atoms with Gasteiger partial charge < -0.3 is 14.6 Å². The van der Waals surface area contributed by atoms with Crippen molar-refractivity contribution < 1.29 is 9.21 Å². The monoisotopic (exact) mass is 254 g/mol. The first-order valence-corrected chi connectivity index (χ1v) is 6.93. The minimum absolute atomic E-state index is 0.0362. The highest BCUT2D eigenvalue weighted by Gasteiger charge is 2.24. The molecule has 1 aliphatic heterocycles. The Hall–Kier alpha value is -0.940. The standard InChI is InChI=1S/C12H18N2O2S/c1-9-10(3-5-16-9)7-14(2)12(15)11-8-17-6-4-13-11/h3,5,11,13H,4,6-8H2,1-2H3. The molecule has 1 aromatic heterocycles. The number of rotatable bonds is 3. The van der Waals surface area contributed by atoms with E-state index in [-0.39, 0.29) is 11.9 Å². The number of furan rings is 1. The van der Waals surface area contributed by atoms with Crippen molar-refractivity contribution in [3.05, 3.63) is 23.7 Å². The Bertz CT molecular complexity index is 386. The molecule has 0 aromatic carbocycles. The molecule has 94 valence electrons. The van der Waals surface area contributed by atoms with Gasteiger partial charge in [0.25, 0.3) is 0 Å². The van der Waals surface area contributed by atoms with Crippen LogP contribution in [0.3, 0.4) is 0 Å². The Kier molecular flexibility index (Phi) is 4.12. The summed E-state index contributed by atoms with van der Waals surface area (Å²) in [6.45, 7) is 3.45. The summed E-state index contributed by atoms with van der Waals surface area (Å²) in [7, 11) is 1.84. The van der Waals surface area contributed by atoms with Crippen LogP contribution >= 0.6 is 11.8 Å². The van der Waals surface area contributed by atoms with E-state index in [4.69, 9.17) is 4.42 Å². The maximum Gasteiger partial charge on any atom is 0.240 e. The molecule has 1 aliphatic rings. The van der Waals surface area contributed by atoms with Crippen LogP contribution in [0, 0.1) is 6.92 Å². The highest BCUT2D eigenvalue weighted by atomic mass is 32.2. The third-order valence-corrected chi connectivity index (χ3v) is 4.03. The number of nitrogens with one attached hydrogen (secondary N) is 1. The molecule has 2 rings (SSSR count). The van der Waals surface area contributed by atoms with Crippen LogP contribution in [0.4, 0.5) is 0 Å². The topological polar surface area (TPSA) is 45.5 Å². The molecule has 1 N–H and O–H groups in total. The van der Waals surface area contributed by atoms with Crippen LogP contribution in [0.2, 0.25) is 0 Å². The second kappa shape index (κ2) is 5.60. The Morgan fingerprint density at radius 1 is 1.71 bits per heavy atom. The summed E-state index contributed by atoms with van der Waals surface area (Å²) in [5, 5.41) is 3.26. The summed E-state index contributed by atoms with van der Waals surface area (Å²) in [6.07, 6.45) is 1.66. The zero-order valence-corrected chi connectivity index (χ0v) is 11.0. The van der Waals surface area contributed by atoms with Crippen molar-refractivity contribution in [3.8, 4) is 0 Å². The fraction of sp³-hybridized carbons (Fsp3) is 0.583. The second-order valence-electron chi connectivity index (χ2n) is 4.28. The Balaban J connectivity index is 1.93. The van der Waals surface area contributed by atoms with Crippen LogP contribution in [0.5, 0.6) is 0 Å². The van der Waals surface area contributed by atoms with E-state index in [1.54, 1.807) is 11.2 Å². The Labute approximate surface area is 106 Å². The smallest absolute Gasteiger partial charge is 0.240 e. The van der Waals surface area contributed by atoms with Crippen LogP contribution in [-0.2, 0) is 11.3 Å². The lowest BCUT2D eigenvalue weighted by Crippen LogP contribution is -2.49. The molecule has 0 bridgehead atoms. The molecule has 0 saturated carbocycles. The summed E-state index contributed by atoms with van der Waals surface area (Å²) >= 11 is 1.83. The largest absolute Gasteiger partial charge is 0.469 e. The molecule has 0 radical (unpaired) electrons. The van der Waals surface area contributed by atoms with Crippen LogP contribution in [-0.4, -0.2) is 41.9 Å². The van der Waals surface area contributed by atoms with E-state index >= 15 is 0 Å². The number of hydrogen-bond donors (Lipinski definition) is 1. The van der Waals surface area contributed by atoms with E-state index in [9.17, 15) is 4.79 Å². The van der Waals surface area contributed by atoms with Crippen LogP contribution in [0.15, 0.2) is 16.7 Å². The van der Waals surface area contributed by atoms with Gasteiger partial charge in [0.05, 0.1) is 12.3 Å². The van der Waals surface area contributed by atoms with Crippen molar-refractivity contribution in [1.29, 1.82) is 0 Å². The molecule has 1 unspecified atom stereocenters. The third-order valence-electron chi connectivity index (χ3n) is 2.97. The molecule has 0 spiro atoms. The molecule has 1 atom stereocenters. The molecule has 2 heterocycles. The Morgan fingerprint density at radius 3 is 3.12 bits per heavy atom. The molecule has 1 saturated heterocycles. The van der Waals surface area contributed by atoms with E-state index in [0.29, 0.717) is 6.54 Å². The highest BCUT2D eigenvalue weighted by Crippen LogP contribution is 2.14. The number of likely N-dealkylation sites (N-methyl/N-ethyl adjacent to an activating group) is 1. The first kappa shape index (κ1) is 12.5. The Morgan fingerprint density at radius 2 is 2.53 bits per heavy atom. The van der Waals surface area contributed by atoms with Crippen molar-refractivity contribution >= 4 is 17.7 Å². The van der Waals surface area contributed by atoms with Gasteiger partial charge in [-0.3, -0.25) is 4.79 Å². The van der Waals surface area contributed by atoms with Crippen LogP contribution < -0.4 is 5.32 Å². The number of carbonyl (C=O) groups excluding carboxylic acids is 1. The normalized spacial score (nSPS) is 20.2. The minimum Gasteiger partial charge on any atom is -0.469 e. The molecule has 1 fully saturated rings. The minimum atomic E-state index is -0.0362. The van der Waals surface area contributed by atoms with Crippen molar-refractivity contribution in [2.75, 3.05) is 25.1 Å². The van der Waals surface area contributed by atoms with E-state index in [0.717, 1.165) is 29.4 Å². The molecular formula is C12H18N2O2S. The zero-order valence-electron chi connectivity index (χ0n) is 10.2. The van der Waals surface area contributed by atoms with E-state index in [1.807, 2.05) is 31.8 Å². The average Bonchev–Trinajstić information content (AvgIpc) is 2.75. The molecule has 5 heteroatoms. The van der Waals surface area contributed by atoms with E-state index in [1.165, 1.54) is 0 Å². The molecule has 4 nitrogen and oxygen atoms in total. The molecule has 1 amide bonds. The van der Waals surface area contributed by atoms with Gasteiger partial charge in [-0.2, -0.15) is 11.8 Å². The summed E-state index contributed by atoms with van der Waals surface area (Å²) in [6, 6.07) is 1.88. The average molecular weight is 254 g/mol. The van der Waals surface area contributed by atoms with Gasteiger partial charge in [-0.25, -0.2) is 0 Å². The van der Waals surface area contributed by atoms with E-state index in [2.05, 4.69) is 5.32 Å². The van der Waals surface area contributed by atoms with Crippen LogP contribution in [0.1, 0.15) is 11.3 Å². The van der Waals surface area contributed by atoms with Gasteiger partial charge >= 0.3 is 0 Å². The maximum absolute atomic E-state index is 12.2. The predicted octanol–water partition coefficient (Wildman–Crippen LogP) is 1.25. The summed E-state index contributed by atoms with van der Waals surface area (Å²) < 4.78 is 5.23. The number of carbonyl (C=O) groups is 1. The van der Waals surface area contributed by atoms with Crippen molar-refractivity contribution in [1.82, 2.24) is 10.2 Å². The van der Waals surface area contributed by atoms with Crippen molar-refractivity contribution in [3.63, 3.8) is 0 Å². The second-order valence-corrected chi connectivity index (χ2v) is 5.43. The maximum atomic E-state index is 12.2. The van der Waals surface area contributed by atoms with Crippen molar-refractivity contribution in [2.45, 2.75) is 19.5 Å². The van der Waals surface area contributed by atoms with Gasteiger partial charge in [-0.15, -0.1) is 0 Å². The fourth-order valence-corrected chi connectivity index (χ4v) is 2.82. The summed E-state index contributed by atoms with van der Waals surface area (Å²) in [5.74, 6) is 3.01. The lowest BCUT2D eigenvalue weighted by atomic mass is 10.2. The molecule has 0 aliphatic carbocycles. The first-order valence-electron chi connectivity index (χ1n) is 5.77. The number of aryl methyl sites for hydroxylation is 1. The van der Waals surface area contributed by atoms with Gasteiger partial charge in [0, 0.05) is 37.2 Å². The molecule has 1 aromatic rings. The number of thioether (sulfide) groups is 1. The number of hydrogen-bond acceptors (Lipinski definition) is 4. The fourth-order valence-electron chi connectivity index (χ4n) is 1.90. The van der Waals surface area contributed by atoms with Gasteiger partial charge in [0.15, 0.2) is 0 Å². The number of nitrogens with zero attached hydrogens (tertiary/aromatic N) is 1. The van der Waals surface area contributed by atoms with Crippen molar-refractivity contribution in [2.24, 2.45) is 0 Å². The van der Waals surface area contributed by atoms with Gasteiger partial charge in [0.2, 0.25) is 5.91 Å². The zero-order chi connectivity index (χ0) is 12.3. The lowest BCUT2D eigenvalue weighted by molar-refractivity contribution is -0.132. The third kappa shape index (κ3) is 3.04. The van der Waals surface area contributed by atoms with Gasteiger partial charge in [0.1, 0.15) is 5.76 Å². The van der Waals surface area contributed by atoms with Gasteiger partial charge in [-0.05, 0) is 13.0 Å².